The molecule has 1 aromatic carbocycles. The van der Waals surface area contributed by atoms with Gasteiger partial charge in [0.05, 0.1) is 27.9 Å². The first-order valence-corrected chi connectivity index (χ1v) is 9.16. The monoisotopic (exact) mass is 394 g/mol. The highest BCUT2D eigenvalue weighted by molar-refractivity contribution is 5.86. The standard InChI is InChI=1S/C20H34N4O4/c1-20(2,3)23-18(25)13-24(5)19(21-4)22-10-9-15-16(27-7)11-14(26-6)12-17(15)28-8/h11-12H,9-10,13H2,1-8H3,(H,21,22)(H,23,25). The first-order valence-electron chi connectivity index (χ1n) is 9.16. The van der Waals surface area contributed by atoms with Crippen LogP contribution >= 0.6 is 0 Å². The Labute approximate surface area is 168 Å². The summed E-state index contributed by atoms with van der Waals surface area (Å²) in [6.45, 7) is 6.66. The van der Waals surface area contributed by atoms with E-state index < -0.39 is 0 Å². The van der Waals surface area contributed by atoms with E-state index in [9.17, 15) is 4.79 Å². The van der Waals surface area contributed by atoms with Crippen LogP contribution in [0.5, 0.6) is 17.2 Å². The predicted octanol–water partition coefficient (Wildman–Crippen LogP) is 1.68. The molecule has 1 aromatic rings. The molecule has 2 N–H and O–H groups in total. The van der Waals surface area contributed by atoms with Crippen molar-refractivity contribution in [2.75, 3.05) is 48.5 Å². The molecule has 0 aliphatic heterocycles. The molecule has 0 bridgehead atoms. The number of rotatable bonds is 8. The van der Waals surface area contributed by atoms with Crippen LogP contribution in [0.15, 0.2) is 17.1 Å². The summed E-state index contributed by atoms with van der Waals surface area (Å²) in [6, 6.07) is 3.66. The molecular weight excluding hydrogens is 360 g/mol. The average molecular weight is 395 g/mol. The van der Waals surface area contributed by atoms with Gasteiger partial charge in [0.15, 0.2) is 5.96 Å². The van der Waals surface area contributed by atoms with Crippen LogP contribution in [0.1, 0.15) is 26.3 Å². The Morgan fingerprint density at radius 1 is 1.11 bits per heavy atom. The molecule has 158 valence electrons. The topological polar surface area (TPSA) is 84.4 Å². The number of carbonyl (C=O) groups is 1. The lowest BCUT2D eigenvalue weighted by atomic mass is 10.1. The van der Waals surface area contributed by atoms with Crippen LogP contribution in [0.3, 0.4) is 0 Å². The van der Waals surface area contributed by atoms with Crippen molar-refractivity contribution in [3.63, 3.8) is 0 Å². The third kappa shape index (κ3) is 7.17. The molecule has 0 atom stereocenters. The molecule has 8 nitrogen and oxygen atoms in total. The van der Waals surface area contributed by atoms with Gasteiger partial charge in [0.25, 0.3) is 0 Å². The fourth-order valence-electron chi connectivity index (χ4n) is 2.76. The summed E-state index contributed by atoms with van der Waals surface area (Å²) < 4.78 is 16.2. The van der Waals surface area contributed by atoms with Crippen LogP contribution in [0.4, 0.5) is 0 Å². The number of benzene rings is 1. The Hall–Kier alpha value is -2.64. The van der Waals surface area contributed by atoms with Gasteiger partial charge in [0.1, 0.15) is 17.2 Å². The van der Waals surface area contributed by atoms with Crippen molar-refractivity contribution < 1.29 is 19.0 Å². The second-order valence-corrected chi connectivity index (χ2v) is 7.39. The number of hydrogen-bond donors (Lipinski definition) is 2. The van der Waals surface area contributed by atoms with Gasteiger partial charge in [0.2, 0.25) is 5.91 Å². The summed E-state index contributed by atoms with van der Waals surface area (Å²) in [6.07, 6.45) is 0.650. The van der Waals surface area contributed by atoms with Crippen LogP contribution < -0.4 is 24.8 Å². The van der Waals surface area contributed by atoms with Crippen LogP contribution in [-0.4, -0.2) is 70.8 Å². The Bertz CT molecular complexity index is 658. The van der Waals surface area contributed by atoms with Crippen LogP contribution in [-0.2, 0) is 11.2 Å². The van der Waals surface area contributed by atoms with Crippen LogP contribution in [0, 0.1) is 0 Å². The Kier molecular flexibility index (Phi) is 8.88. The lowest BCUT2D eigenvalue weighted by Gasteiger charge is -2.25. The van der Waals surface area contributed by atoms with Gasteiger partial charge >= 0.3 is 0 Å². The second kappa shape index (κ2) is 10.6. The van der Waals surface area contributed by atoms with Crippen molar-refractivity contribution >= 4 is 11.9 Å². The molecule has 0 heterocycles. The minimum atomic E-state index is -0.268. The highest BCUT2D eigenvalue weighted by Crippen LogP contribution is 2.34. The second-order valence-electron chi connectivity index (χ2n) is 7.39. The number of hydrogen-bond acceptors (Lipinski definition) is 5. The molecule has 1 rings (SSSR count). The molecular formula is C20H34N4O4. The number of nitrogens with one attached hydrogen (secondary N) is 2. The number of methoxy groups -OCH3 is 3. The van der Waals surface area contributed by atoms with Crippen molar-refractivity contribution in [2.24, 2.45) is 4.99 Å². The minimum absolute atomic E-state index is 0.0588. The summed E-state index contributed by atoms with van der Waals surface area (Å²) in [5.74, 6) is 2.65. The smallest absolute Gasteiger partial charge is 0.240 e. The molecule has 0 unspecified atom stereocenters. The Balaban J connectivity index is 2.74. The molecule has 8 heteroatoms. The van der Waals surface area contributed by atoms with Crippen molar-refractivity contribution in [3.05, 3.63) is 17.7 Å². The van der Waals surface area contributed by atoms with Gasteiger partial charge < -0.3 is 29.7 Å². The third-order valence-corrected chi connectivity index (χ3v) is 3.94. The van der Waals surface area contributed by atoms with Gasteiger partial charge in [-0.15, -0.1) is 0 Å². The fraction of sp³-hybridized carbons (Fsp3) is 0.600. The molecule has 0 aliphatic carbocycles. The molecule has 0 saturated carbocycles. The summed E-state index contributed by atoms with van der Waals surface area (Å²) in [5, 5.41) is 6.21. The minimum Gasteiger partial charge on any atom is -0.496 e. The lowest BCUT2D eigenvalue weighted by molar-refractivity contribution is -0.122. The number of amides is 1. The van der Waals surface area contributed by atoms with E-state index in [0.717, 1.165) is 5.56 Å². The number of likely N-dealkylation sites (N-methyl/N-ethyl adjacent to an activating group) is 1. The summed E-state index contributed by atoms with van der Waals surface area (Å²) in [5.41, 5.74) is 0.665. The van der Waals surface area contributed by atoms with Gasteiger partial charge in [0, 0.05) is 43.9 Å². The predicted molar refractivity (Wildman–Crippen MR) is 112 cm³/mol. The first kappa shape index (κ1) is 23.4. The van der Waals surface area contributed by atoms with Gasteiger partial charge in [-0.2, -0.15) is 0 Å². The first-order chi connectivity index (χ1) is 13.1. The maximum atomic E-state index is 12.1. The maximum absolute atomic E-state index is 12.1. The van der Waals surface area contributed by atoms with Gasteiger partial charge in [-0.25, -0.2) is 0 Å². The highest BCUT2D eigenvalue weighted by atomic mass is 16.5. The van der Waals surface area contributed by atoms with E-state index >= 15 is 0 Å². The lowest BCUT2D eigenvalue weighted by Crippen LogP contribution is -2.49. The molecule has 0 saturated heterocycles. The number of guanidine groups is 1. The SMILES string of the molecule is CN=C(NCCc1c(OC)cc(OC)cc1OC)N(C)CC(=O)NC(C)(C)C. The fourth-order valence-corrected chi connectivity index (χ4v) is 2.76. The van der Waals surface area contributed by atoms with Crippen molar-refractivity contribution in [1.29, 1.82) is 0 Å². The molecule has 0 fully saturated rings. The largest absolute Gasteiger partial charge is 0.496 e. The Morgan fingerprint density at radius 3 is 2.11 bits per heavy atom. The zero-order chi connectivity index (χ0) is 21.3. The van der Waals surface area contributed by atoms with E-state index in [-0.39, 0.29) is 18.0 Å². The summed E-state index contributed by atoms with van der Waals surface area (Å²) in [7, 11) is 8.35. The van der Waals surface area contributed by atoms with Crippen molar-refractivity contribution in [3.8, 4) is 17.2 Å². The van der Waals surface area contributed by atoms with Crippen molar-refractivity contribution in [1.82, 2.24) is 15.5 Å². The average Bonchev–Trinajstić information content (AvgIpc) is 2.62. The molecule has 0 radical (unpaired) electrons. The van der Waals surface area contributed by atoms with Gasteiger partial charge in [-0.05, 0) is 27.2 Å². The summed E-state index contributed by atoms with van der Waals surface area (Å²) >= 11 is 0. The molecule has 0 aromatic heterocycles. The van der Waals surface area contributed by atoms with Crippen LogP contribution in [0.2, 0.25) is 0 Å². The van der Waals surface area contributed by atoms with Gasteiger partial charge in [-0.1, -0.05) is 0 Å². The maximum Gasteiger partial charge on any atom is 0.240 e. The van der Waals surface area contributed by atoms with E-state index in [1.807, 2.05) is 40.0 Å². The number of nitrogens with zero attached hydrogens (tertiary/aromatic N) is 2. The van der Waals surface area contributed by atoms with Crippen LogP contribution in [0.25, 0.3) is 0 Å². The van der Waals surface area contributed by atoms with Crippen molar-refractivity contribution in [2.45, 2.75) is 32.7 Å². The molecule has 0 spiro atoms. The molecule has 1 amide bonds. The van der Waals surface area contributed by atoms with E-state index in [1.165, 1.54) is 0 Å². The zero-order valence-corrected chi connectivity index (χ0v) is 18.3. The van der Waals surface area contributed by atoms with E-state index in [0.29, 0.717) is 36.2 Å². The highest BCUT2D eigenvalue weighted by Gasteiger charge is 2.17. The third-order valence-electron chi connectivity index (χ3n) is 3.94. The number of aliphatic imine (C=N–C) groups is 1. The van der Waals surface area contributed by atoms with E-state index in [2.05, 4.69) is 15.6 Å². The molecule has 0 aliphatic rings. The van der Waals surface area contributed by atoms with E-state index in [4.69, 9.17) is 14.2 Å². The Morgan fingerprint density at radius 2 is 1.68 bits per heavy atom. The van der Waals surface area contributed by atoms with Gasteiger partial charge in [-0.3, -0.25) is 9.79 Å². The zero-order valence-electron chi connectivity index (χ0n) is 18.3. The quantitative estimate of drug-likeness (QED) is 0.516. The summed E-state index contributed by atoms with van der Waals surface area (Å²) in [4.78, 5) is 18.2. The number of ether oxygens (including phenoxy) is 3. The van der Waals surface area contributed by atoms with E-state index in [1.54, 1.807) is 33.3 Å². The number of carbonyl (C=O) groups excluding carboxylic acids is 1. The normalized spacial score (nSPS) is 11.6. The molecule has 28 heavy (non-hydrogen) atoms.